The molecule has 5 rings (SSSR count). The lowest BCUT2D eigenvalue weighted by molar-refractivity contribution is -0.141. The molecule has 1 aromatic heterocycles. The van der Waals surface area contributed by atoms with E-state index >= 15 is 0 Å². The van der Waals surface area contributed by atoms with Crippen molar-refractivity contribution in [2.45, 2.75) is 13.5 Å². The molecule has 202 valence electrons. The summed E-state index contributed by atoms with van der Waals surface area (Å²) in [5, 5.41) is 14.6. The van der Waals surface area contributed by atoms with Crippen molar-refractivity contribution < 1.29 is 18.7 Å². The van der Waals surface area contributed by atoms with Crippen molar-refractivity contribution >= 4 is 17.9 Å². The van der Waals surface area contributed by atoms with Crippen molar-refractivity contribution in [1.29, 1.82) is 5.26 Å². The zero-order valence-electron chi connectivity index (χ0n) is 22.3. The van der Waals surface area contributed by atoms with Gasteiger partial charge in [-0.15, -0.1) is 0 Å². The molecular formula is C33H25FN4O3. The van der Waals surface area contributed by atoms with Crippen LogP contribution in [0, 0.1) is 17.1 Å². The van der Waals surface area contributed by atoms with Gasteiger partial charge in [-0.2, -0.15) is 10.4 Å². The molecule has 0 fully saturated rings. The third-order valence-electron chi connectivity index (χ3n) is 6.64. The van der Waals surface area contributed by atoms with Crippen LogP contribution in [-0.4, -0.2) is 33.1 Å². The predicted octanol–water partition coefficient (Wildman–Crippen LogP) is 6.04. The third-order valence-corrected chi connectivity index (χ3v) is 6.64. The van der Waals surface area contributed by atoms with E-state index in [1.807, 2.05) is 60.7 Å². The molecule has 2 amide bonds. The van der Waals surface area contributed by atoms with Gasteiger partial charge >= 0.3 is 0 Å². The van der Waals surface area contributed by atoms with Gasteiger partial charge in [0.05, 0.1) is 17.9 Å². The van der Waals surface area contributed by atoms with Gasteiger partial charge in [-0.1, -0.05) is 43.0 Å². The van der Waals surface area contributed by atoms with Gasteiger partial charge in [0.2, 0.25) is 0 Å². The standard InChI is InChI=1S/C33H25FN4O3/c1-3-17-41-28-15-11-24(12-16-28)31-25(21-38(36-31)27-7-5-4-6-8-27)18-29-22(2)30(19-35)33(40)37(32(29)39)20-23-9-13-26(34)14-10-23/h3-16,18,21H,1,17,20H2,2H3/b29-18+. The lowest BCUT2D eigenvalue weighted by Gasteiger charge is -2.27. The van der Waals surface area contributed by atoms with Crippen molar-refractivity contribution in [3.63, 3.8) is 0 Å². The van der Waals surface area contributed by atoms with Crippen LogP contribution in [-0.2, 0) is 16.1 Å². The van der Waals surface area contributed by atoms with Crippen LogP contribution < -0.4 is 4.74 Å². The number of ether oxygens (including phenoxy) is 1. The Morgan fingerprint density at radius 1 is 1.00 bits per heavy atom. The summed E-state index contributed by atoms with van der Waals surface area (Å²) in [6.07, 6.45) is 5.12. The second-order valence-electron chi connectivity index (χ2n) is 9.33. The van der Waals surface area contributed by atoms with Crippen LogP contribution in [0.4, 0.5) is 4.39 Å². The number of nitriles is 1. The summed E-state index contributed by atoms with van der Waals surface area (Å²) in [5.41, 5.74) is 3.72. The Morgan fingerprint density at radius 3 is 2.37 bits per heavy atom. The molecule has 0 spiro atoms. The minimum Gasteiger partial charge on any atom is -0.490 e. The molecule has 0 unspecified atom stereocenters. The van der Waals surface area contributed by atoms with Crippen molar-refractivity contribution in [1.82, 2.24) is 14.7 Å². The van der Waals surface area contributed by atoms with Gasteiger partial charge in [-0.3, -0.25) is 14.5 Å². The van der Waals surface area contributed by atoms with E-state index in [0.29, 0.717) is 29.2 Å². The molecule has 1 aliphatic heterocycles. The molecule has 0 saturated heterocycles. The van der Waals surface area contributed by atoms with E-state index in [9.17, 15) is 19.2 Å². The van der Waals surface area contributed by atoms with Crippen LogP contribution in [0.5, 0.6) is 5.75 Å². The fourth-order valence-corrected chi connectivity index (χ4v) is 4.50. The maximum absolute atomic E-state index is 13.7. The fraction of sp³-hybridized carbons (Fsp3) is 0.0909. The van der Waals surface area contributed by atoms with Crippen molar-refractivity contribution in [2.75, 3.05) is 6.61 Å². The minimum absolute atomic E-state index is 0.101. The molecule has 7 nitrogen and oxygen atoms in total. The molecule has 4 aromatic rings. The highest BCUT2D eigenvalue weighted by Gasteiger charge is 2.35. The second kappa shape index (κ2) is 11.7. The molecule has 0 radical (unpaired) electrons. The Hall–Kier alpha value is -5.55. The molecule has 2 heterocycles. The molecule has 3 aromatic carbocycles. The highest BCUT2D eigenvalue weighted by molar-refractivity contribution is 6.19. The molecule has 8 heteroatoms. The average Bonchev–Trinajstić information content (AvgIpc) is 3.42. The van der Waals surface area contributed by atoms with E-state index in [4.69, 9.17) is 9.84 Å². The topological polar surface area (TPSA) is 88.2 Å². The number of benzene rings is 3. The molecule has 41 heavy (non-hydrogen) atoms. The van der Waals surface area contributed by atoms with Gasteiger partial charge in [0.1, 0.15) is 29.8 Å². The third kappa shape index (κ3) is 5.60. The zero-order valence-corrected chi connectivity index (χ0v) is 22.3. The van der Waals surface area contributed by atoms with Crippen molar-refractivity contribution in [3.8, 4) is 28.8 Å². The normalized spacial score (nSPS) is 14.4. The lowest BCUT2D eigenvalue weighted by atomic mass is 9.93. The summed E-state index contributed by atoms with van der Waals surface area (Å²) in [6.45, 7) is 5.53. The van der Waals surface area contributed by atoms with E-state index in [0.717, 1.165) is 16.2 Å². The summed E-state index contributed by atoms with van der Waals surface area (Å²) in [5.74, 6) is -0.998. The van der Waals surface area contributed by atoms with E-state index < -0.39 is 17.6 Å². The van der Waals surface area contributed by atoms with Gasteiger partial charge in [0.25, 0.3) is 11.8 Å². The Labute approximate surface area is 236 Å². The number of halogens is 1. The van der Waals surface area contributed by atoms with E-state index in [-0.39, 0.29) is 23.3 Å². The Balaban J connectivity index is 1.61. The van der Waals surface area contributed by atoms with Crippen molar-refractivity contribution in [3.05, 3.63) is 131 Å². The smallest absolute Gasteiger partial charge is 0.271 e. The number of carbonyl (C=O) groups excluding carboxylic acids is 2. The quantitative estimate of drug-likeness (QED) is 0.153. The van der Waals surface area contributed by atoms with E-state index in [1.165, 1.54) is 24.3 Å². The van der Waals surface area contributed by atoms with Gasteiger partial charge in [-0.05, 0) is 72.7 Å². The highest BCUT2D eigenvalue weighted by atomic mass is 19.1. The highest BCUT2D eigenvalue weighted by Crippen LogP contribution is 2.32. The number of hydrogen-bond acceptors (Lipinski definition) is 5. The van der Waals surface area contributed by atoms with Crippen LogP contribution in [0.25, 0.3) is 23.0 Å². The number of carbonyl (C=O) groups is 2. The van der Waals surface area contributed by atoms with E-state index in [2.05, 4.69) is 6.58 Å². The monoisotopic (exact) mass is 544 g/mol. The van der Waals surface area contributed by atoms with Crippen LogP contribution >= 0.6 is 0 Å². The molecule has 1 aliphatic rings. The molecule has 0 N–H and O–H groups in total. The first-order valence-corrected chi connectivity index (χ1v) is 12.8. The molecular weight excluding hydrogens is 519 g/mol. The summed E-state index contributed by atoms with van der Waals surface area (Å²) >= 11 is 0. The average molecular weight is 545 g/mol. The number of hydrogen-bond donors (Lipinski definition) is 0. The SMILES string of the molecule is C=CCOc1ccc(-c2nn(-c3ccccc3)cc2/C=C2/C(=O)N(Cc3ccc(F)cc3)C(=O)C(C#N)=C2C)cc1. The summed E-state index contributed by atoms with van der Waals surface area (Å²) in [4.78, 5) is 27.9. The van der Waals surface area contributed by atoms with Crippen molar-refractivity contribution in [2.24, 2.45) is 0 Å². The number of nitrogens with zero attached hydrogens (tertiary/aromatic N) is 4. The van der Waals surface area contributed by atoms with Crippen LogP contribution in [0.1, 0.15) is 18.1 Å². The number of imide groups is 1. The molecule has 0 aliphatic carbocycles. The first kappa shape index (κ1) is 27.0. The van der Waals surface area contributed by atoms with Gasteiger partial charge in [0.15, 0.2) is 0 Å². The van der Waals surface area contributed by atoms with Gasteiger partial charge < -0.3 is 4.74 Å². The molecule has 0 bridgehead atoms. The van der Waals surface area contributed by atoms with Crippen LogP contribution in [0.15, 0.2) is 114 Å². The Kier molecular flexibility index (Phi) is 7.70. The largest absolute Gasteiger partial charge is 0.490 e. The Bertz CT molecular complexity index is 1730. The minimum atomic E-state index is -0.688. The first-order chi connectivity index (χ1) is 19.9. The summed E-state index contributed by atoms with van der Waals surface area (Å²) in [7, 11) is 0. The van der Waals surface area contributed by atoms with E-state index in [1.54, 1.807) is 30.0 Å². The maximum atomic E-state index is 13.7. The second-order valence-corrected chi connectivity index (χ2v) is 9.33. The number of aromatic nitrogens is 2. The Morgan fingerprint density at radius 2 is 1.71 bits per heavy atom. The summed E-state index contributed by atoms with van der Waals surface area (Å²) in [6, 6.07) is 24.4. The molecule has 0 saturated carbocycles. The number of para-hydroxylation sites is 1. The molecule has 0 atom stereocenters. The number of amides is 2. The predicted molar refractivity (Wildman–Crippen MR) is 153 cm³/mol. The van der Waals surface area contributed by atoms with Gasteiger partial charge in [0, 0.05) is 22.9 Å². The maximum Gasteiger partial charge on any atom is 0.271 e. The zero-order chi connectivity index (χ0) is 28.9. The first-order valence-electron chi connectivity index (χ1n) is 12.8. The summed E-state index contributed by atoms with van der Waals surface area (Å²) < 4.78 is 20.8. The lowest BCUT2D eigenvalue weighted by Crippen LogP contribution is -2.42. The van der Waals surface area contributed by atoms with Crippen LogP contribution in [0.3, 0.4) is 0 Å². The van der Waals surface area contributed by atoms with Gasteiger partial charge in [-0.25, -0.2) is 9.07 Å². The van der Waals surface area contributed by atoms with Crippen LogP contribution in [0.2, 0.25) is 0 Å². The number of rotatable bonds is 8. The fourth-order valence-electron chi connectivity index (χ4n) is 4.50.